The summed E-state index contributed by atoms with van der Waals surface area (Å²) in [6, 6.07) is 12.7. The Morgan fingerprint density at radius 2 is 1.40 bits per heavy atom. The Morgan fingerprint density at radius 3 is 2.07 bits per heavy atom. The van der Waals surface area contributed by atoms with Gasteiger partial charge in [-0.25, -0.2) is 13.2 Å². The molecule has 0 aliphatic heterocycles. The van der Waals surface area contributed by atoms with Gasteiger partial charge in [0.05, 0.1) is 55.6 Å². The first kappa shape index (κ1) is 29.5. The zero-order chi connectivity index (χ0) is 31.1. The number of hydrogen-bond donors (Lipinski definition) is 1. The second-order valence-electron chi connectivity index (χ2n) is 9.72. The molecular formula is C30H30N4O8S. The molecule has 5 aromatic rings. The van der Waals surface area contributed by atoms with Crippen LogP contribution >= 0.6 is 0 Å². The van der Waals surface area contributed by atoms with Crippen molar-refractivity contribution in [2.75, 3.05) is 33.2 Å². The number of aryl methyl sites for hydroxylation is 1. The summed E-state index contributed by atoms with van der Waals surface area (Å²) in [6.07, 6.45) is 1.88. The van der Waals surface area contributed by atoms with E-state index >= 15 is 0 Å². The number of methoxy groups -OCH3 is 4. The zero-order valence-corrected chi connectivity index (χ0v) is 25.2. The quantitative estimate of drug-likeness (QED) is 0.268. The topological polar surface area (TPSA) is 140 Å². The van der Waals surface area contributed by atoms with E-state index in [4.69, 9.17) is 18.9 Å². The van der Waals surface area contributed by atoms with Crippen LogP contribution in [0.1, 0.15) is 11.3 Å². The van der Waals surface area contributed by atoms with Gasteiger partial charge in [-0.1, -0.05) is 0 Å². The van der Waals surface area contributed by atoms with Crippen LogP contribution < -0.4 is 34.9 Å². The van der Waals surface area contributed by atoms with Crippen molar-refractivity contribution in [2.45, 2.75) is 11.3 Å². The van der Waals surface area contributed by atoms with E-state index in [1.54, 1.807) is 26.5 Å². The summed E-state index contributed by atoms with van der Waals surface area (Å²) in [4.78, 5) is 29.5. The Morgan fingerprint density at radius 1 is 0.767 bits per heavy atom. The molecule has 13 heteroatoms. The van der Waals surface area contributed by atoms with E-state index in [1.165, 1.54) is 57.1 Å². The van der Waals surface area contributed by atoms with Gasteiger partial charge < -0.3 is 18.9 Å². The fourth-order valence-corrected chi connectivity index (χ4v) is 6.09. The average Bonchev–Trinajstić information content (AvgIpc) is 3.02. The van der Waals surface area contributed by atoms with Crippen molar-refractivity contribution in [2.24, 2.45) is 14.1 Å². The maximum Gasteiger partial charge on any atom is 0.330 e. The van der Waals surface area contributed by atoms with Crippen LogP contribution in [0, 0.1) is 0 Å². The third kappa shape index (κ3) is 5.23. The molecule has 0 atom stereocenters. The predicted molar refractivity (Wildman–Crippen MR) is 162 cm³/mol. The van der Waals surface area contributed by atoms with E-state index in [0.717, 1.165) is 15.3 Å². The molecule has 224 valence electrons. The first-order valence-electron chi connectivity index (χ1n) is 13.0. The molecule has 0 aliphatic rings. The van der Waals surface area contributed by atoms with Gasteiger partial charge in [0.25, 0.3) is 15.6 Å². The molecule has 0 spiro atoms. The van der Waals surface area contributed by atoms with Gasteiger partial charge in [0, 0.05) is 38.2 Å². The molecule has 0 saturated heterocycles. The minimum absolute atomic E-state index is 0.135. The predicted octanol–water partition coefficient (Wildman–Crippen LogP) is 3.21. The van der Waals surface area contributed by atoms with Crippen molar-refractivity contribution in [3.05, 3.63) is 86.8 Å². The smallest absolute Gasteiger partial charge is 0.330 e. The molecule has 0 fully saturated rings. The van der Waals surface area contributed by atoms with E-state index in [0.29, 0.717) is 34.3 Å². The number of hydrogen-bond acceptors (Lipinski definition) is 9. The van der Waals surface area contributed by atoms with E-state index in [2.05, 4.69) is 9.71 Å². The largest absolute Gasteiger partial charge is 0.493 e. The Hall–Kier alpha value is -5.04. The Labute approximate surface area is 247 Å². The fourth-order valence-electron chi connectivity index (χ4n) is 4.98. The highest BCUT2D eigenvalue weighted by molar-refractivity contribution is 7.92. The van der Waals surface area contributed by atoms with Gasteiger partial charge >= 0.3 is 5.69 Å². The molecule has 12 nitrogen and oxygen atoms in total. The standard InChI is InChI=1S/C30H30N4O8S/c1-33-24-14-19(7-8-20(24)29(35)34(2)30(33)36)43(37,38)32-22-16-28(42-6)26(40-4)13-18(22)11-23-21-15-27(41-5)25(39-3)12-17(21)9-10-31-23/h7-10,12-16,32H,11H2,1-6H3. The summed E-state index contributed by atoms with van der Waals surface area (Å²) in [7, 11) is 4.68. The van der Waals surface area contributed by atoms with E-state index in [9.17, 15) is 18.0 Å². The maximum absolute atomic E-state index is 13.7. The van der Waals surface area contributed by atoms with Gasteiger partial charge in [-0.05, 0) is 53.4 Å². The van der Waals surface area contributed by atoms with Crippen molar-refractivity contribution in [3.63, 3.8) is 0 Å². The Kier molecular flexibility index (Phi) is 7.76. The molecule has 0 saturated carbocycles. The first-order valence-corrected chi connectivity index (χ1v) is 14.5. The first-order chi connectivity index (χ1) is 20.5. The molecule has 0 radical (unpaired) electrons. The van der Waals surface area contributed by atoms with E-state index in [-0.39, 0.29) is 27.9 Å². The summed E-state index contributed by atoms with van der Waals surface area (Å²) < 4.78 is 54.2. The van der Waals surface area contributed by atoms with Crippen molar-refractivity contribution >= 4 is 37.4 Å². The van der Waals surface area contributed by atoms with E-state index in [1.807, 2.05) is 18.2 Å². The monoisotopic (exact) mass is 606 g/mol. The molecule has 5 rings (SSSR count). The highest BCUT2D eigenvalue weighted by atomic mass is 32.2. The number of sulfonamides is 1. The molecule has 2 aromatic heterocycles. The molecule has 43 heavy (non-hydrogen) atoms. The number of benzene rings is 3. The highest BCUT2D eigenvalue weighted by Crippen LogP contribution is 2.38. The number of anilines is 1. The zero-order valence-electron chi connectivity index (χ0n) is 24.4. The lowest BCUT2D eigenvalue weighted by Gasteiger charge is -2.18. The van der Waals surface area contributed by atoms with E-state index < -0.39 is 21.3 Å². The van der Waals surface area contributed by atoms with Gasteiger partial charge in [0.2, 0.25) is 0 Å². The van der Waals surface area contributed by atoms with Gasteiger partial charge in [-0.3, -0.25) is 23.6 Å². The average molecular weight is 607 g/mol. The minimum atomic E-state index is -4.21. The van der Waals surface area contributed by atoms with Crippen LogP contribution in [0.4, 0.5) is 5.69 Å². The molecule has 0 aliphatic carbocycles. The number of ether oxygens (including phenoxy) is 4. The normalized spacial score (nSPS) is 11.5. The van der Waals surface area contributed by atoms with Crippen LogP contribution in [-0.4, -0.2) is 51.0 Å². The molecule has 2 heterocycles. The summed E-state index contributed by atoms with van der Waals surface area (Å²) >= 11 is 0. The number of pyridine rings is 1. The fraction of sp³-hybridized carbons (Fsp3) is 0.233. The molecule has 0 unspecified atom stereocenters. The van der Waals surface area contributed by atoms with Crippen molar-refractivity contribution < 1.29 is 27.4 Å². The number of nitrogens with one attached hydrogen (secondary N) is 1. The number of fused-ring (bicyclic) bond motifs is 2. The number of rotatable bonds is 9. The second kappa shape index (κ2) is 11.3. The van der Waals surface area contributed by atoms with Gasteiger partial charge in [0.1, 0.15) is 0 Å². The summed E-state index contributed by atoms with van der Waals surface area (Å²) in [5.74, 6) is 1.80. The number of aromatic nitrogens is 3. The lowest BCUT2D eigenvalue weighted by Crippen LogP contribution is -2.37. The third-order valence-electron chi connectivity index (χ3n) is 7.31. The highest BCUT2D eigenvalue weighted by Gasteiger charge is 2.22. The summed E-state index contributed by atoms with van der Waals surface area (Å²) in [5.41, 5.74) is 0.538. The number of nitrogens with zero attached hydrogens (tertiary/aromatic N) is 3. The SMILES string of the molecule is COc1cc(Cc2nccc3cc(OC)c(OC)cc23)c(NS(=O)(=O)c2ccc3c(=O)n(C)c(=O)n(C)c3c2)cc1OC. The molecular weight excluding hydrogens is 576 g/mol. The summed E-state index contributed by atoms with van der Waals surface area (Å²) in [5, 5.41) is 1.86. The second-order valence-corrected chi connectivity index (χ2v) is 11.4. The molecule has 1 N–H and O–H groups in total. The maximum atomic E-state index is 13.7. The Bertz CT molecular complexity index is 2120. The molecule has 0 amide bonds. The van der Waals surface area contributed by atoms with Crippen LogP contribution in [0.2, 0.25) is 0 Å². The third-order valence-corrected chi connectivity index (χ3v) is 8.68. The summed E-state index contributed by atoms with van der Waals surface area (Å²) in [6.45, 7) is 0. The lowest BCUT2D eigenvalue weighted by molar-refractivity contribution is 0.355. The van der Waals surface area contributed by atoms with Crippen LogP contribution in [0.15, 0.2) is 69.2 Å². The van der Waals surface area contributed by atoms with Crippen LogP contribution in [0.5, 0.6) is 23.0 Å². The van der Waals surface area contributed by atoms with Crippen LogP contribution in [-0.2, 0) is 30.5 Å². The van der Waals surface area contributed by atoms with Gasteiger partial charge in [-0.15, -0.1) is 0 Å². The Balaban J connectivity index is 1.63. The minimum Gasteiger partial charge on any atom is -0.493 e. The van der Waals surface area contributed by atoms with Crippen LogP contribution in [0.25, 0.3) is 21.7 Å². The van der Waals surface area contributed by atoms with Crippen LogP contribution in [0.3, 0.4) is 0 Å². The molecule has 0 bridgehead atoms. The van der Waals surface area contributed by atoms with Gasteiger partial charge in [-0.2, -0.15) is 0 Å². The van der Waals surface area contributed by atoms with Crippen molar-refractivity contribution in [3.8, 4) is 23.0 Å². The lowest BCUT2D eigenvalue weighted by atomic mass is 10.0. The van der Waals surface area contributed by atoms with Crippen molar-refractivity contribution in [1.82, 2.24) is 14.1 Å². The molecule has 3 aromatic carbocycles. The van der Waals surface area contributed by atoms with Crippen molar-refractivity contribution in [1.29, 1.82) is 0 Å². The van der Waals surface area contributed by atoms with Gasteiger partial charge in [0.15, 0.2) is 23.0 Å².